The van der Waals surface area contributed by atoms with E-state index in [9.17, 15) is 14.4 Å². The first-order valence-corrected chi connectivity index (χ1v) is 19.7. The first-order valence-electron chi connectivity index (χ1n) is 19.7. The fourth-order valence-electron chi connectivity index (χ4n) is 7.17. The zero-order valence-corrected chi connectivity index (χ0v) is 35.0. The number of fused-ring (bicyclic) bond motifs is 2. The van der Waals surface area contributed by atoms with Gasteiger partial charge in [-0.05, 0) is 85.5 Å². The van der Waals surface area contributed by atoms with E-state index in [0.717, 1.165) is 52.3 Å². The summed E-state index contributed by atoms with van der Waals surface area (Å²) >= 11 is 0. The lowest BCUT2D eigenvalue weighted by Crippen LogP contribution is -2.25. The maximum atomic E-state index is 13.9. The second kappa shape index (κ2) is 18.9. The average Bonchev–Trinajstić information content (AvgIpc) is 3.54. The molecule has 0 aliphatic rings. The van der Waals surface area contributed by atoms with Gasteiger partial charge in [0.05, 0.1) is 54.9 Å². The van der Waals surface area contributed by atoms with E-state index >= 15 is 0 Å². The number of amides is 2. The smallest absolute Gasteiger partial charge is 0.291 e. The van der Waals surface area contributed by atoms with Gasteiger partial charge in [-0.2, -0.15) is 5.10 Å². The van der Waals surface area contributed by atoms with Gasteiger partial charge in [-0.15, -0.1) is 0 Å². The quantitative estimate of drug-likeness (QED) is 0.0877. The third-order valence-electron chi connectivity index (χ3n) is 10.3. The number of carbonyl (C=O) groups is 2. The zero-order valence-electron chi connectivity index (χ0n) is 35.0. The first-order chi connectivity index (χ1) is 29.5. The van der Waals surface area contributed by atoms with E-state index < -0.39 is 11.8 Å². The lowest BCUT2D eigenvalue weighted by atomic mass is 10.1. The number of hydrogen-bond acceptors (Lipinski definition) is 11. The van der Waals surface area contributed by atoms with Crippen molar-refractivity contribution in [2.24, 2.45) is 7.05 Å². The normalized spacial score (nSPS) is 11.3. The zero-order chi connectivity index (χ0) is 43.0. The highest BCUT2D eigenvalue weighted by Crippen LogP contribution is 2.34. The fourth-order valence-corrected chi connectivity index (χ4v) is 7.17. The summed E-state index contributed by atoms with van der Waals surface area (Å²) in [6.45, 7) is 6.88. The number of pyridine rings is 1. The molecule has 0 spiro atoms. The molecule has 3 aromatic heterocycles. The van der Waals surface area contributed by atoms with Crippen LogP contribution in [0.3, 0.4) is 0 Å². The summed E-state index contributed by atoms with van der Waals surface area (Å²) in [5, 5.41) is 11.8. The van der Waals surface area contributed by atoms with Crippen LogP contribution in [0.25, 0.3) is 21.9 Å². The Balaban J connectivity index is 1.07. The van der Waals surface area contributed by atoms with Crippen molar-refractivity contribution < 1.29 is 33.0 Å². The Kier molecular flexibility index (Phi) is 13.1. The summed E-state index contributed by atoms with van der Waals surface area (Å²) < 4.78 is 29.6. The molecule has 0 aliphatic heterocycles. The second-order valence-electron chi connectivity index (χ2n) is 14.7. The molecule has 0 bridgehead atoms. The Morgan fingerprint density at radius 1 is 0.770 bits per heavy atom. The molecule has 7 rings (SSSR count). The molecule has 0 aliphatic carbocycles. The van der Waals surface area contributed by atoms with Crippen molar-refractivity contribution in [2.45, 2.75) is 33.4 Å². The minimum atomic E-state index is -0.716. The predicted molar refractivity (Wildman–Crippen MR) is 234 cm³/mol. The maximum Gasteiger partial charge on any atom is 0.291 e. The molecule has 14 heteroatoms. The SMILES string of the molecule is COCCOc1cncc(CN(CCc2ccc(NC(=O)c3cc(OC)c(OC)cc3NC(=O)c3cc(=O)c4cc(C)ccc4o3)cc2)Cc2ccc3c(c2)c(C)nn3C)c1. The minimum absolute atomic E-state index is 0.104. The number of methoxy groups -OCH3 is 3. The van der Waals surface area contributed by atoms with Gasteiger partial charge in [0.25, 0.3) is 11.8 Å². The van der Waals surface area contributed by atoms with Crippen LogP contribution in [0.2, 0.25) is 0 Å². The van der Waals surface area contributed by atoms with Crippen molar-refractivity contribution in [3.8, 4) is 17.2 Å². The van der Waals surface area contributed by atoms with Crippen LogP contribution in [0.15, 0.2) is 107 Å². The van der Waals surface area contributed by atoms with Crippen LogP contribution in [0, 0.1) is 13.8 Å². The Morgan fingerprint density at radius 3 is 2.30 bits per heavy atom. The molecule has 0 saturated heterocycles. The summed E-state index contributed by atoms with van der Waals surface area (Å²) in [7, 11) is 6.50. The molecular formula is C47H48N6O8. The molecule has 14 nitrogen and oxygen atoms in total. The van der Waals surface area contributed by atoms with E-state index in [1.54, 1.807) is 31.5 Å². The van der Waals surface area contributed by atoms with Gasteiger partial charge in [0.1, 0.15) is 17.9 Å². The first kappa shape index (κ1) is 42.1. The van der Waals surface area contributed by atoms with E-state index in [1.807, 2.05) is 62.1 Å². The molecule has 0 radical (unpaired) electrons. The van der Waals surface area contributed by atoms with Crippen LogP contribution in [0.1, 0.15) is 48.9 Å². The number of carbonyl (C=O) groups excluding carboxylic acids is 2. The summed E-state index contributed by atoms with van der Waals surface area (Å²) in [4.78, 5) is 47.0. The summed E-state index contributed by atoms with van der Waals surface area (Å²) in [6.07, 6.45) is 4.30. The van der Waals surface area contributed by atoms with Gasteiger partial charge in [-0.3, -0.25) is 28.9 Å². The standard InChI is InChI=1S/C47H48N6O8/c1-29-7-14-42-38(19-29)41(54)24-45(61-42)47(56)50-39-23-44(59-6)43(58-5)22-37(39)46(55)49-34-11-8-31(9-12-34)15-16-53(28-33-20-35(26-48-25-33)60-18-17-57-4)27-32-10-13-40-36(21-32)30(2)51-52(40)3/h7-14,19-26H,15-18,27-28H2,1-6H3,(H,49,55)(H,50,56). The Morgan fingerprint density at radius 2 is 1.52 bits per heavy atom. The van der Waals surface area contributed by atoms with E-state index in [1.165, 1.54) is 31.9 Å². The number of nitrogens with one attached hydrogen (secondary N) is 2. The molecule has 2 amide bonds. The second-order valence-corrected chi connectivity index (χ2v) is 14.7. The van der Waals surface area contributed by atoms with Gasteiger partial charge in [0, 0.05) is 63.2 Å². The van der Waals surface area contributed by atoms with Crippen molar-refractivity contribution >= 4 is 45.1 Å². The van der Waals surface area contributed by atoms with Gasteiger partial charge in [0.15, 0.2) is 22.7 Å². The third-order valence-corrected chi connectivity index (χ3v) is 10.3. The van der Waals surface area contributed by atoms with E-state index in [-0.39, 0.29) is 39.5 Å². The fraction of sp³-hybridized carbons (Fsp3) is 0.255. The van der Waals surface area contributed by atoms with Crippen LogP contribution in [0.5, 0.6) is 17.2 Å². The van der Waals surface area contributed by atoms with Crippen molar-refractivity contribution in [1.82, 2.24) is 19.7 Å². The van der Waals surface area contributed by atoms with Crippen LogP contribution in [0.4, 0.5) is 11.4 Å². The minimum Gasteiger partial charge on any atom is -0.493 e. The van der Waals surface area contributed by atoms with Gasteiger partial charge < -0.3 is 34.0 Å². The summed E-state index contributed by atoms with van der Waals surface area (Å²) in [5.41, 5.74) is 6.91. The van der Waals surface area contributed by atoms with Crippen molar-refractivity contribution in [3.05, 3.63) is 147 Å². The highest BCUT2D eigenvalue weighted by molar-refractivity contribution is 6.12. The molecule has 0 unspecified atom stereocenters. The van der Waals surface area contributed by atoms with Crippen molar-refractivity contribution in [2.75, 3.05) is 51.7 Å². The Bertz CT molecular complexity index is 2760. The van der Waals surface area contributed by atoms with E-state index in [0.29, 0.717) is 43.1 Å². The number of anilines is 2. The largest absolute Gasteiger partial charge is 0.493 e. The van der Waals surface area contributed by atoms with Crippen molar-refractivity contribution in [1.29, 1.82) is 0 Å². The molecule has 0 atom stereocenters. The highest BCUT2D eigenvalue weighted by atomic mass is 16.5. The lowest BCUT2D eigenvalue weighted by Gasteiger charge is -2.23. The number of benzene rings is 4. The molecule has 61 heavy (non-hydrogen) atoms. The molecule has 2 N–H and O–H groups in total. The molecule has 314 valence electrons. The van der Waals surface area contributed by atoms with E-state index in [4.69, 9.17) is 23.4 Å². The number of hydrogen-bond donors (Lipinski definition) is 2. The summed E-state index contributed by atoms with van der Waals surface area (Å²) in [5.74, 6) is -0.168. The molecule has 4 aromatic carbocycles. The van der Waals surface area contributed by atoms with Crippen LogP contribution in [-0.4, -0.2) is 72.6 Å². The number of aryl methyl sites for hydroxylation is 3. The van der Waals surface area contributed by atoms with Gasteiger partial charge in [-0.1, -0.05) is 29.8 Å². The topological polar surface area (TPSA) is 159 Å². The average molecular weight is 825 g/mol. The molecule has 0 saturated carbocycles. The predicted octanol–water partition coefficient (Wildman–Crippen LogP) is 7.48. The third kappa shape index (κ3) is 10.1. The lowest BCUT2D eigenvalue weighted by molar-refractivity contribution is 0.0997. The Hall–Kier alpha value is -7.03. The molecular weight excluding hydrogens is 777 g/mol. The van der Waals surface area contributed by atoms with Gasteiger partial charge >= 0.3 is 0 Å². The maximum absolute atomic E-state index is 13.9. The summed E-state index contributed by atoms with van der Waals surface area (Å²) in [6, 6.07) is 25.4. The van der Waals surface area contributed by atoms with E-state index in [2.05, 4.69) is 43.8 Å². The highest BCUT2D eigenvalue weighted by Gasteiger charge is 2.22. The van der Waals surface area contributed by atoms with Crippen molar-refractivity contribution in [3.63, 3.8) is 0 Å². The van der Waals surface area contributed by atoms with Crippen LogP contribution in [-0.2, 0) is 31.3 Å². The molecule has 0 fully saturated rings. The van der Waals surface area contributed by atoms with Gasteiger partial charge in [0.2, 0.25) is 0 Å². The number of rotatable bonds is 17. The molecule has 7 aromatic rings. The number of aromatic nitrogens is 3. The molecule has 3 heterocycles. The number of nitrogens with zero attached hydrogens (tertiary/aromatic N) is 4. The van der Waals surface area contributed by atoms with Gasteiger partial charge in [-0.25, -0.2) is 0 Å². The number of ether oxygens (including phenoxy) is 4. The monoisotopic (exact) mass is 824 g/mol. The Labute approximate surface area is 353 Å². The van der Waals surface area contributed by atoms with Crippen LogP contribution >= 0.6 is 0 Å². The van der Waals surface area contributed by atoms with Crippen LogP contribution < -0.4 is 30.3 Å².